The molecule has 15 nitrogen and oxygen atoms in total. The van der Waals surface area contributed by atoms with Crippen LogP contribution in [-0.4, -0.2) is 96.5 Å². The van der Waals surface area contributed by atoms with Gasteiger partial charge in [-0.05, 0) is 55.4 Å². The second kappa shape index (κ2) is 15.5. The third-order valence-corrected chi connectivity index (χ3v) is 11.2. The molecule has 1 saturated heterocycles. The van der Waals surface area contributed by atoms with Gasteiger partial charge in [0.05, 0.1) is 18.8 Å². The van der Waals surface area contributed by atoms with Crippen molar-refractivity contribution in [2.75, 3.05) is 18.9 Å². The number of carbonyl (C=O) groups excluding carboxylic acids is 2. The van der Waals surface area contributed by atoms with Crippen LogP contribution in [0.2, 0.25) is 0 Å². The fourth-order valence-electron chi connectivity index (χ4n) is 5.94. The monoisotopic (exact) mass is 651 g/mol. The van der Waals surface area contributed by atoms with Crippen molar-refractivity contribution in [3.8, 4) is 6.07 Å². The number of rotatable bonds is 15. The molecule has 0 saturated carbocycles. The number of fused-ring (bicyclic) bond motifs is 1. The summed E-state index contributed by atoms with van der Waals surface area (Å²) in [6.45, 7) is 19.2. The number of hydrogen-bond acceptors (Lipinski definition) is 14. The molecule has 2 N–H and O–H groups in total. The van der Waals surface area contributed by atoms with Crippen LogP contribution in [0.4, 0.5) is 5.82 Å². The van der Waals surface area contributed by atoms with Crippen molar-refractivity contribution in [3.63, 3.8) is 0 Å². The largest absolute Gasteiger partial charge is 0.456 e. The molecule has 3 heterocycles. The minimum Gasteiger partial charge on any atom is -0.456 e. The van der Waals surface area contributed by atoms with E-state index < -0.39 is 44.5 Å². The minimum atomic E-state index is -3.13. The molecule has 0 radical (unpaired) electrons. The minimum absolute atomic E-state index is 0.00168. The summed E-state index contributed by atoms with van der Waals surface area (Å²) < 4.78 is 37.7. The highest BCUT2D eigenvalue weighted by atomic mass is 31.2. The van der Waals surface area contributed by atoms with Crippen molar-refractivity contribution < 1.29 is 32.8 Å². The van der Waals surface area contributed by atoms with Crippen molar-refractivity contribution in [3.05, 3.63) is 12.7 Å². The van der Waals surface area contributed by atoms with Gasteiger partial charge in [0, 0.05) is 38.0 Å². The molecule has 45 heavy (non-hydrogen) atoms. The third-order valence-electron chi connectivity index (χ3n) is 7.13. The van der Waals surface area contributed by atoms with Crippen molar-refractivity contribution >= 4 is 36.9 Å². The van der Waals surface area contributed by atoms with E-state index in [2.05, 4.69) is 85.8 Å². The maximum Gasteiger partial charge on any atom is 0.437 e. The number of nitrogens with two attached hydrogens (primary N) is 1. The van der Waals surface area contributed by atoms with Gasteiger partial charge in [0.25, 0.3) is 0 Å². The molecule has 250 valence electrons. The summed E-state index contributed by atoms with van der Waals surface area (Å²) in [5.74, 6) is -1.01. The number of nitrogen functional groups attached to an aromatic ring is 1. The van der Waals surface area contributed by atoms with Gasteiger partial charge in [0.2, 0.25) is 0 Å². The van der Waals surface area contributed by atoms with Crippen LogP contribution in [-0.2, 0) is 32.8 Å². The highest BCUT2D eigenvalue weighted by molar-refractivity contribution is 7.61. The molecule has 0 aromatic carbocycles. The Labute approximate surface area is 265 Å². The van der Waals surface area contributed by atoms with Crippen LogP contribution >= 0.6 is 8.02 Å². The van der Waals surface area contributed by atoms with E-state index in [0.29, 0.717) is 11.2 Å². The smallest absolute Gasteiger partial charge is 0.437 e. The molecular weight excluding hydrogens is 603 g/mol. The zero-order valence-corrected chi connectivity index (χ0v) is 28.8. The summed E-state index contributed by atoms with van der Waals surface area (Å²) in [7, 11) is -3.13. The maximum absolute atomic E-state index is 12.4. The Bertz CT molecular complexity index is 1310. The zero-order chi connectivity index (χ0) is 33.6. The standard InChI is InChI=1S/C29H48N8O7P/c1-17(2)36(18(3)4)45(40-13-11-12-30,37(19(5)6)20(7)8)41-14-23-25(42-21(9)38)26(43-22(10)39)29(44-23)35-16-34-24-27(31)32-15-33-28(24)35/h15-20,23,25-26,29H,11,13-14H2,1-10H3,(H2,31,32,33)/q+1/t23-,25-,26-,29-/m1/s1. The lowest BCUT2D eigenvalue weighted by molar-refractivity contribution is -0.165. The molecule has 0 amide bonds. The Kier molecular flexibility index (Phi) is 12.6. The first kappa shape index (κ1) is 36.5. The van der Waals surface area contributed by atoms with E-state index in [9.17, 15) is 14.9 Å². The predicted molar refractivity (Wildman–Crippen MR) is 168 cm³/mol. The van der Waals surface area contributed by atoms with E-state index in [4.69, 9.17) is 29.0 Å². The third kappa shape index (κ3) is 8.06. The van der Waals surface area contributed by atoms with E-state index >= 15 is 0 Å². The molecule has 3 rings (SSSR count). The lowest BCUT2D eigenvalue weighted by Crippen LogP contribution is -2.50. The van der Waals surface area contributed by atoms with Crippen LogP contribution in [0.3, 0.4) is 0 Å². The maximum atomic E-state index is 12.4. The molecule has 0 aliphatic carbocycles. The number of hydrogen-bond donors (Lipinski definition) is 1. The number of esters is 2. The van der Waals surface area contributed by atoms with Gasteiger partial charge in [0.1, 0.15) is 31.2 Å². The molecule has 1 fully saturated rings. The van der Waals surface area contributed by atoms with Gasteiger partial charge in [-0.15, -0.1) is 9.34 Å². The Hall–Kier alpha value is -2.99. The van der Waals surface area contributed by atoms with Gasteiger partial charge < -0.3 is 19.9 Å². The first-order chi connectivity index (χ1) is 21.2. The van der Waals surface area contributed by atoms with Gasteiger partial charge in [0.15, 0.2) is 29.9 Å². The van der Waals surface area contributed by atoms with Gasteiger partial charge in [-0.25, -0.2) is 15.0 Å². The van der Waals surface area contributed by atoms with Gasteiger partial charge in [-0.1, -0.05) is 0 Å². The van der Waals surface area contributed by atoms with E-state index in [0.717, 1.165) is 0 Å². The summed E-state index contributed by atoms with van der Waals surface area (Å²) in [5.41, 5.74) is 6.72. The van der Waals surface area contributed by atoms with Crippen LogP contribution in [0.5, 0.6) is 0 Å². The second-order valence-corrected chi connectivity index (χ2v) is 14.4. The van der Waals surface area contributed by atoms with Crippen LogP contribution in [0.25, 0.3) is 11.2 Å². The second-order valence-electron chi connectivity index (χ2n) is 12.0. The number of imidazole rings is 1. The molecule has 0 spiro atoms. The van der Waals surface area contributed by atoms with Crippen LogP contribution < -0.4 is 5.73 Å². The Morgan fingerprint density at radius 3 is 2.02 bits per heavy atom. The van der Waals surface area contributed by atoms with Gasteiger partial charge in [-0.2, -0.15) is 14.3 Å². The molecule has 1 aliphatic rings. The highest BCUT2D eigenvalue weighted by Gasteiger charge is 2.62. The molecule has 0 unspecified atom stereocenters. The number of ether oxygens (including phenoxy) is 3. The van der Waals surface area contributed by atoms with E-state index in [1.807, 2.05) is 0 Å². The van der Waals surface area contributed by atoms with Crippen molar-refractivity contribution in [2.45, 2.75) is 124 Å². The Balaban J connectivity index is 2.14. The van der Waals surface area contributed by atoms with Crippen molar-refractivity contribution in [1.29, 1.82) is 5.26 Å². The Morgan fingerprint density at radius 2 is 1.51 bits per heavy atom. The van der Waals surface area contributed by atoms with Crippen LogP contribution in [0.15, 0.2) is 12.7 Å². The van der Waals surface area contributed by atoms with E-state index in [-0.39, 0.29) is 49.6 Å². The molecule has 0 bridgehead atoms. The molecule has 1 aliphatic heterocycles. The SMILES string of the molecule is CC(=O)O[C@@H]1[C@H](OC(C)=O)[C@@H](CO[P+](OCCC#N)(N(C(C)C)C(C)C)N(C(C)C)C(C)C)O[C@H]1n1cnc2c(N)ncnc21. The predicted octanol–water partition coefficient (Wildman–Crippen LogP) is 4.03. The molecule has 2 aromatic rings. The number of nitrogens with zero attached hydrogens (tertiary/aromatic N) is 7. The summed E-state index contributed by atoms with van der Waals surface area (Å²) in [4.78, 5) is 37.4. The molecule has 16 heteroatoms. The highest BCUT2D eigenvalue weighted by Crippen LogP contribution is 2.70. The summed E-state index contributed by atoms with van der Waals surface area (Å²) in [5, 5.41) is 9.39. The quantitative estimate of drug-likeness (QED) is 0.166. The van der Waals surface area contributed by atoms with E-state index in [1.165, 1.54) is 26.5 Å². The number of carbonyl (C=O) groups is 2. The van der Waals surface area contributed by atoms with Crippen LogP contribution in [0.1, 0.15) is 81.9 Å². The van der Waals surface area contributed by atoms with Crippen LogP contribution in [0, 0.1) is 11.3 Å². The summed E-state index contributed by atoms with van der Waals surface area (Å²) in [6, 6.07) is 2.16. The number of nitriles is 1. The first-order valence-electron chi connectivity index (χ1n) is 15.2. The Morgan fingerprint density at radius 1 is 0.956 bits per heavy atom. The summed E-state index contributed by atoms with van der Waals surface area (Å²) in [6.07, 6.45) is -1.08. The first-order valence-corrected chi connectivity index (χ1v) is 16.7. The lowest BCUT2D eigenvalue weighted by Gasteiger charge is -2.45. The molecular formula is C29H48N8O7P+. The fourth-order valence-corrected chi connectivity index (χ4v) is 9.79. The van der Waals surface area contributed by atoms with Crippen molar-refractivity contribution in [2.24, 2.45) is 0 Å². The molecule has 4 atom stereocenters. The fraction of sp³-hybridized carbons (Fsp3) is 0.724. The van der Waals surface area contributed by atoms with E-state index in [1.54, 1.807) is 4.57 Å². The lowest BCUT2D eigenvalue weighted by atomic mass is 10.1. The van der Waals surface area contributed by atoms with Gasteiger partial charge >= 0.3 is 20.0 Å². The van der Waals surface area contributed by atoms with Crippen molar-refractivity contribution in [1.82, 2.24) is 28.9 Å². The average Bonchev–Trinajstić information content (AvgIpc) is 3.48. The average molecular weight is 652 g/mol. The zero-order valence-electron chi connectivity index (χ0n) is 27.9. The topological polar surface area (TPSA) is 180 Å². The normalized spacial score (nSPS) is 20.7. The number of anilines is 1. The number of aromatic nitrogens is 4. The molecule has 2 aromatic heterocycles. The van der Waals surface area contributed by atoms with Gasteiger partial charge in [-0.3, -0.25) is 14.2 Å². The summed E-state index contributed by atoms with van der Waals surface area (Å²) >= 11 is 0.